The highest BCUT2D eigenvalue weighted by atomic mass is 15.1. The molecule has 10 aromatic rings. The van der Waals surface area contributed by atoms with E-state index in [9.17, 15) is 0 Å². The summed E-state index contributed by atoms with van der Waals surface area (Å²) in [5.74, 6) is 0. The summed E-state index contributed by atoms with van der Waals surface area (Å²) in [5, 5.41) is 0. The molecule has 0 N–H and O–H groups in total. The Kier molecular flexibility index (Phi) is 10.1. The summed E-state index contributed by atoms with van der Waals surface area (Å²) in [5.41, 5.74) is 21.5. The SMILES string of the molecule is C(=C\c1ccc2c(c1)C1(c3ccccc3-2)c2ccccc2-c2ccc(/C=C/c3ccc(N(c4ccccc4)c4ccccc4)cc3)cc21)/c1ccc(N(c2ccccc2)c2ccccc2)cc1. The summed E-state index contributed by atoms with van der Waals surface area (Å²) in [6.45, 7) is 0. The molecule has 2 aliphatic carbocycles. The third-order valence-electron chi connectivity index (χ3n) is 13.4. The number of nitrogens with zero attached hydrogens (tertiary/aromatic N) is 2. The summed E-state index contributed by atoms with van der Waals surface area (Å²) < 4.78 is 0. The third-order valence-corrected chi connectivity index (χ3v) is 13.4. The van der Waals surface area contributed by atoms with Crippen LogP contribution in [0.3, 0.4) is 0 Å². The van der Waals surface area contributed by atoms with Gasteiger partial charge in [0.1, 0.15) is 0 Å². The zero-order valence-electron chi connectivity index (χ0n) is 37.0. The van der Waals surface area contributed by atoms with Crippen LogP contribution in [0.15, 0.2) is 255 Å². The van der Waals surface area contributed by atoms with Crippen molar-refractivity contribution in [1.82, 2.24) is 0 Å². The maximum Gasteiger partial charge on any atom is 0.0725 e. The van der Waals surface area contributed by atoms with Gasteiger partial charge in [-0.25, -0.2) is 0 Å². The summed E-state index contributed by atoms with van der Waals surface area (Å²) in [6, 6.07) is 92.2. The Morgan fingerprint density at radius 2 is 0.493 bits per heavy atom. The van der Waals surface area contributed by atoms with Gasteiger partial charge in [0.25, 0.3) is 0 Å². The Labute approximate surface area is 393 Å². The number of rotatable bonds is 10. The quantitative estimate of drug-likeness (QED) is 0.126. The lowest BCUT2D eigenvalue weighted by atomic mass is 9.70. The first-order valence-electron chi connectivity index (χ1n) is 23.1. The van der Waals surface area contributed by atoms with Gasteiger partial charge < -0.3 is 9.80 Å². The van der Waals surface area contributed by atoms with Gasteiger partial charge in [0.05, 0.1) is 5.41 Å². The maximum atomic E-state index is 2.44. The molecule has 2 aliphatic rings. The molecule has 0 unspecified atom stereocenters. The zero-order chi connectivity index (χ0) is 44.6. The summed E-state index contributed by atoms with van der Waals surface area (Å²) in [7, 11) is 0. The van der Waals surface area contributed by atoms with E-state index in [4.69, 9.17) is 0 Å². The van der Waals surface area contributed by atoms with Gasteiger partial charge >= 0.3 is 0 Å². The Morgan fingerprint density at radius 1 is 0.224 bits per heavy atom. The minimum atomic E-state index is -0.453. The highest BCUT2D eigenvalue weighted by molar-refractivity contribution is 5.96. The molecule has 1 spiro atoms. The first-order chi connectivity index (χ1) is 33.2. The molecule has 67 heavy (non-hydrogen) atoms. The monoisotopic (exact) mass is 854 g/mol. The second-order valence-electron chi connectivity index (χ2n) is 17.3. The zero-order valence-corrected chi connectivity index (χ0v) is 37.0. The van der Waals surface area contributed by atoms with Gasteiger partial charge in [0.15, 0.2) is 0 Å². The van der Waals surface area contributed by atoms with Crippen molar-refractivity contribution in [2.24, 2.45) is 0 Å². The topological polar surface area (TPSA) is 6.48 Å². The number of fused-ring (bicyclic) bond motifs is 10. The molecule has 0 bridgehead atoms. The molecule has 0 saturated heterocycles. The summed E-state index contributed by atoms with van der Waals surface area (Å²) in [6.07, 6.45) is 9.01. The lowest BCUT2D eigenvalue weighted by molar-refractivity contribution is 0.793. The Balaban J connectivity index is 0.887. The molecule has 2 nitrogen and oxygen atoms in total. The van der Waals surface area contributed by atoms with Crippen molar-refractivity contribution in [2.75, 3.05) is 9.80 Å². The second-order valence-corrected chi connectivity index (χ2v) is 17.3. The van der Waals surface area contributed by atoms with E-state index in [2.05, 4.69) is 289 Å². The molecule has 0 heterocycles. The fraction of sp³-hybridized carbons (Fsp3) is 0.0154. The average Bonchev–Trinajstić information content (AvgIpc) is 3.86. The molecule has 2 heteroatoms. The van der Waals surface area contributed by atoms with Crippen LogP contribution in [0.25, 0.3) is 46.6 Å². The largest absolute Gasteiger partial charge is 0.311 e. The van der Waals surface area contributed by atoms with Crippen LogP contribution in [0.2, 0.25) is 0 Å². The number of para-hydroxylation sites is 4. The van der Waals surface area contributed by atoms with Gasteiger partial charge in [0, 0.05) is 34.1 Å². The van der Waals surface area contributed by atoms with Crippen molar-refractivity contribution < 1.29 is 0 Å². The highest BCUT2D eigenvalue weighted by Crippen LogP contribution is 2.63. The first kappa shape index (κ1) is 39.8. The van der Waals surface area contributed by atoms with Crippen molar-refractivity contribution in [1.29, 1.82) is 0 Å². The van der Waals surface area contributed by atoms with Crippen molar-refractivity contribution in [3.05, 3.63) is 299 Å². The smallest absolute Gasteiger partial charge is 0.0725 e. The Hall–Kier alpha value is -8.72. The lowest BCUT2D eigenvalue weighted by Gasteiger charge is -2.30. The van der Waals surface area contributed by atoms with Gasteiger partial charge in [-0.1, -0.05) is 194 Å². The second kappa shape index (κ2) is 17.0. The predicted octanol–water partition coefficient (Wildman–Crippen LogP) is 17.3. The standard InChI is InChI=1S/C65H46N2/c1-5-17-51(18-6-1)66(52-19-7-2-8-20-52)55-39-33-47(34-40-55)29-31-49-37-43-59-57-25-13-15-27-61(57)65(63(59)45-49)62-28-16-14-26-58(62)60-44-38-50(46-64(60)65)32-30-48-35-41-56(42-36-48)67(53-21-9-3-10-22-53)54-23-11-4-12-24-54/h1-46H/b31-29+,32-30+. The molecule has 0 aromatic heterocycles. The molecule has 0 amide bonds. The van der Waals surface area contributed by atoms with E-state index in [1.54, 1.807) is 0 Å². The molecule has 12 rings (SSSR count). The van der Waals surface area contributed by atoms with Crippen LogP contribution < -0.4 is 9.80 Å². The Morgan fingerprint density at radius 3 is 0.851 bits per heavy atom. The van der Waals surface area contributed by atoms with Gasteiger partial charge in [-0.2, -0.15) is 0 Å². The molecular weight excluding hydrogens is 809 g/mol. The van der Waals surface area contributed by atoms with Crippen molar-refractivity contribution in [2.45, 2.75) is 5.41 Å². The van der Waals surface area contributed by atoms with E-state index >= 15 is 0 Å². The third kappa shape index (κ3) is 7.08. The van der Waals surface area contributed by atoms with Crippen molar-refractivity contribution in [3.63, 3.8) is 0 Å². The van der Waals surface area contributed by atoms with Gasteiger partial charge in [0.2, 0.25) is 0 Å². The van der Waals surface area contributed by atoms with Crippen LogP contribution in [0, 0.1) is 0 Å². The molecule has 316 valence electrons. The number of anilines is 6. The molecular formula is C65H46N2. The maximum absolute atomic E-state index is 2.44. The van der Waals surface area contributed by atoms with E-state index < -0.39 is 5.41 Å². The van der Waals surface area contributed by atoms with Crippen LogP contribution in [0.5, 0.6) is 0 Å². The van der Waals surface area contributed by atoms with Crippen molar-refractivity contribution in [3.8, 4) is 22.3 Å². The van der Waals surface area contributed by atoms with Gasteiger partial charge in [-0.15, -0.1) is 0 Å². The predicted molar refractivity (Wildman–Crippen MR) is 283 cm³/mol. The normalized spacial score (nSPS) is 12.8. The van der Waals surface area contributed by atoms with Crippen molar-refractivity contribution >= 4 is 58.4 Å². The molecule has 0 saturated carbocycles. The molecule has 0 aliphatic heterocycles. The van der Waals surface area contributed by atoms with Crippen LogP contribution in [0.1, 0.15) is 44.5 Å². The van der Waals surface area contributed by atoms with Crippen LogP contribution >= 0.6 is 0 Å². The highest BCUT2D eigenvalue weighted by Gasteiger charge is 2.51. The number of hydrogen-bond donors (Lipinski definition) is 0. The minimum absolute atomic E-state index is 0.453. The van der Waals surface area contributed by atoms with Gasteiger partial charge in [-0.05, 0) is 152 Å². The minimum Gasteiger partial charge on any atom is -0.311 e. The number of benzene rings is 10. The van der Waals surface area contributed by atoms with E-state index in [0.29, 0.717) is 0 Å². The summed E-state index contributed by atoms with van der Waals surface area (Å²) >= 11 is 0. The fourth-order valence-corrected chi connectivity index (χ4v) is 10.4. The Bertz CT molecular complexity index is 3120. The molecule has 10 aromatic carbocycles. The van der Waals surface area contributed by atoms with E-state index in [1.165, 1.54) is 55.6 Å². The van der Waals surface area contributed by atoms with Gasteiger partial charge in [-0.3, -0.25) is 0 Å². The lowest BCUT2D eigenvalue weighted by Crippen LogP contribution is -2.26. The van der Waals surface area contributed by atoms with E-state index in [1.807, 2.05) is 0 Å². The fourth-order valence-electron chi connectivity index (χ4n) is 10.4. The summed E-state index contributed by atoms with van der Waals surface area (Å²) in [4.78, 5) is 4.60. The average molecular weight is 855 g/mol. The van der Waals surface area contributed by atoms with Crippen LogP contribution in [-0.2, 0) is 5.41 Å². The first-order valence-corrected chi connectivity index (χ1v) is 23.1. The van der Waals surface area contributed by atoms with Crippen LogP contribution in [-0.4, -0.2) is 0 Å². The van der Waals surface area contributed by atoms with Crippen LogP contribution in [0.4, 0.5) is 34.1 Å². The molecule has 0 atom stereocenters. The van der Waals surface area contributed by atoms with E-state index in [-0.39, 0.29) is 0 Å². The molecule has 0 fully saturated rings. The molecule has 0 radical (unpaired) electrons. The number of hydrogen-bond acceptors (Lipinski definition) is 2. The van der Waals surface area contributed by atoms with E-state index in [0.717, 1.165) is 45.3 Å².